The molecule has 0 aromatic carbocycles. The second-order valence-electron chi connectivity index (χ2n) is 6.24. The highest BCUT2D eigenvalue weighted by molar-refractivity contribution is 5.34. The maximum absolute atomic E-state index is 10.4. The Hall–Kier alpha value is -1.24. The Morgan fingerprint density at radius 3 is 2.33 bits per heavy atom. The van der Waals surface area contributed by atoms with Crippen molar-refractivity contribution in [3.8, 4) is 0 Å². The predicted molar refractivity (Wildman–Crippen MR) is 65.5 cm³/mol. The van der Waals surface area contributed by atoms with Gasteiger partial charge in [0.1, 0.15) is 0 Å². The summed E-state index contributed by atoms with van der Waals surface area (Å²) in [5, 5.41) is 0. The molecule has 0 saturated heterocycles. The van der Waals surface area contributed by atoms with E-state index in [1.807, 2.05) is 0 Å². The van der Waals surface area contributed by atoms with E-state index in [-0.39, 0.29) is 5.41 Å². The molecule has 4 nitrogen and oxygen atoms in total. The molecule has 0 radical (unpaired) electrons. The SMILES string of the molecule is O=C=NCC1(CN=C=O)CCC2C3CCC(C3)C21. The lowest BCUT2D eigenvalue weighted by Gasteiger charge is -2.37. The van der Waals surface area contributed by atoms with Gasteiger partial charge in [0.15, 0.2) is 0 Å². The third-order valence-corrected chi connectivity index (χ3v) is 5.69. The number of carbonyl (C=O) groups excluding carboxylic acids is 2. The fourth-order valence-corrected chi connectivity index (χ4v) is 5.20. The van der Waals surface area contributed by atoms with E-state index >= 15 is 0 Å². The van der Waals surface area contributed by atoms with Crippen molar-refractivity contribution in [2.45, 2.75) is 32.1 Å². The Kier molecular flexibility index (Phi) is 2.93. The summed E-state index contributed by atoms with van der Waals surface area (Å²) < 4.78 is 0. The minimum absolute atomic E-state index is 0.0562. The predicted octanol–water partition coefficient (Wildman–Crippen LogP) is 2.10. The lowest BCUT2D eigenvalue weighted by atomic mass is 9.69. The van der Waals surface area contributed by atoms with Gasteiger partial charge in [0.05, 0.1) is 13.1 Å². The molecule has 4 unspecified atom stereocenters. The molecule has 4 heteroatoms. The third kappa shape index (κ3) is 1.60. The van der Waals surface area contributed by atoms with Crippen LogP contribution in [0.15, 0.2) is 9.98 Å². The maximum Gasteiger partial charge on any atom is 0.234 e. The summed E-state index contributed by atoms with van der Waals surface area (Å²) in [6.07, 6.45) is 9.59. The van der Waals surface area contributed by atoms with Crippen molar-refractivity contribution in [3.05, 3.63) is 0 Å². The van der Waals surface area contributed by atoms with Crippen molar-refractivity contribution in [1.82, 2.24) is 0 Å². The van der Waals surface area contributed by atoms with Crippen LogP contribution in [-0.2, 0) is 9.59 Å². The van der Waals surface area contributed by atoms with Crippen molar-refractivity contribution >= 4 is 12.2 Å². The second kappa shape index (κ2) is 4.46. The van der Waals surface area contributed by atoms with Crippen LogP contribution >= 0.6 is 0 Å². The quantitative estimate of drug-likeness (QED) is 0.563. The van der Waals surface area contributed by atoms with E-state index in [0.29, 0.717) is 19.0 Å². The van der Waals surface area contributed by atoms with Crippen molar-refractivity contribution in [1.29, 1.82) is 0 Å². The number of aliphatic imine (C=N–C) groups is 2. The van der Waals surface area contributed by atoms with Crippen LogP contribution in [0.5, 0.6) is 0 Å². The van der Waals surface area contributed by atoms with Crippen LogP contribution < -0.4 is 0 Å². The van der Waals surface area contributed by atoms with E-state index in [9.17, 15) is 9.59 Å². The van der Waals surface area contributed by atoms with Gasteiger partial charge in [-0.25, -0.2) is 19.6 Å². The third-order valence-electron chi connectivity index (χ3n) is 5.69. The van der Waals surface area contributed by atoms with Gasteiger partial charge in [0, 0.05) is 5.41 Å². The first-order chi connectivity index (χ1) is 8.80. The summed E-state index contributed by atoms with van der Waals surface area (Å²) in [6, 6.07) is 0. The fourth-order valence-electron chi connectivity index (χ4n) is 5.20. The molecule has 4 atom stereocenters. The zero-order valence-electron chi connectivity index (χ0n) is 10.5. The van der Waals surface area contributed by atoms with Gasteiger partial charge >= 0.3 is 0 Å². The minimum atomic E-state index is -0.0562. The van der Waals surface area contributed by atoms with Crippen LogP contribution in [0.2, 0.25) is 0 Å². The standard InChI is InChI=1S/C14H18N2O2/c17-8-15-6-14(7-16-9-18)4-3-12-10-1-2-11(5-10)13(12)14/h10-13H,1-7H2. The molecule has 3 rings (SSSR count). The number of hydrogen-bond acceptors (Lipinski definition) is 4. The smallest absolute Gasteiger partial charge is 0.211 e. The Morgan fingerprint density at radius 2 is 1.67 bits per heavy atom. The molecule has 0 amide bonds. The molecule has 0 aromatic heterocycles. The van der Waals surface area contributed by atoms with Crippen molar-refractivity contribution in [2.75, 3.05) is 13.1 Å². The average molecular weight is 246 g/mol. The molecule has 0 aliphatic heterocycles. The van der Waals surface area contributed by atoms with Gasteiger partial charge in [-0.2, -0.15) is 0 Å². The summed E-state index contributed by atoms with van der Waals surface area (Å²) in [6.45, 7) is 0.984. The zero-order valence-corrected chi connectivity index (χ0v) is 10.5. The number of fused-ring (bicyclic) bond motifs is 5. The molecule has 3 saturated carbocycles. The topological polar surface area (TPSA) is 58.9 Å². The normalized spacial score (nSPS) is 44.2. The first-order valence-corrected chi connectivity index (χ1v) is 6.88. The van der Waals surface area contributed by atoms with Gasteiger partial charge in [-0.1, -0.05) is 0 Å². The van der Waals surface area contributed by atoms with E-state index in [0.717, 1.165) is 24.2 Å². The van der Waals surface area contributed by atoms with E-state index in [2.05, 4.69) is 9.98 Å². The lowest BCUT2D eigenvalue weighted by molar-refractivity contribution is 0.129. The second-order valence-corrected chi connectivity index (χ2v) is 6.24. The van der Waals surface area contributed by atoms with Gasteiger partial charge in [-0.05, 0) is 55.8 Å². The van der Waals surface area contributed by atoms with Crippen LogP contribution in [0.25, 0.3) is 0 Å². The summed E-state index contributed by atoms with van der Waals surface area (Å²) in [5.74, 6) is 3.05. The number of nitrogens with zero attached hydrogens (tertiary/aromatic N) is 2. The van der Waals surface area contributed by atoms with Crippen LogP contribution in [-0.4, -0.2) is 25.2 Å². The molecule has 0 heterocycles. The molecule has 2 bridgehead atoms. The molecule has 18 heavy (non-hydrogen) atoms. The lowest BCUT2D eigenvalue weighted by Crippen LogP contribution is -2.37. The van der Waals surface area contributed by atoms with Gasteiger partial charge in [-0.3, -0.25) is 0 Å². The Balaban J connectivity index is 1.89. The summed E-state index contributed by atoms with van der Waals surface area (Å²) in [4.78, 5) is 28.5. The summed E-state index contributed by atoms with van der Waals surface area (Å²) in [7, 11) is 0. The highest BCUT2D eigenvalue weighted by atomic mass is 16.1. The highest BCUT2D eigenvalue weighted by Gasteiger charge is 2.59. The molecule has 3 aliphatic rings. The highest BCUT2D eigenvalue weighted by Crippen LogP contribution is 2.65. The molecule has 3 aliphatic carbocycles. The van der Waals surface area contributed by atoms with Crippen LogP contribution in [0.4, 0.5) is 0 Å². The molecule has 0 spiro atoms. The molecule has 0 N–H and O–H groups in total. The van der Waals surface area contributed by atoms with Gasteiger partial charge in [0.2, 0.25) is 12.2 Å². The first kappa shape index (κ1) is 11.8. The van der Waals surface area contributed by atoms with Crippen molar-refractivity contribution in [2.24, 2.45) is 39.1 Å². The van der Waals surface area contributed by atoms with E-state index in [1.165, 1.54) is 25.7 Å². The van der Waals surface area contributed by atoms with Crippen molar-refractivity contribution < 1.29 is 9.59 Å². The molecular weight excluding hydrogens is 228 g/mol. The van der Waals surface area contributed by atoms with Crippen LogP contribution in [0.3, 0.4) is 0 Å². The fraction of sp³-hybridized carbons (Fsp3) is 0.857. The van der Waals surface area contributed by atoms with Gasteiger partial charge in [0.25, 0.3) is 0 Å². The van der Waals surface area contributed by atoms with E-state index in [4.69, 9.17) is 0 Å². The van der Waals surface area contributed by atoms with Crippen molar-refractivity contribution in [3.63, 3.8) is 0 Å². The van der Waals surface area contributed by atoms with Crippen LogP contribution in [0, 0.1) is 29.1 Å². The minimum Gasteiger partial charge on any atom is -0.211 e. The zero-order chi connectivity index (χ0) is 12.6. The maximum atomic E-state index is 10.4. The monoisotopic (exact) mass is 246 g/mol. The van der Waals surface area contributed by atoms with Gasteiger partial charge in [-0.15, -0.1) is 0 Å². The number of hydrogen-bond donors (Lipinski definition) is 0. The summed E-state index contributed by atoms with van der Waals surface area (Å²) >= 11 is 0. The largest absolute Gasteiger partial charge is 0.234 e. The van der Waals surface area contributed by atoms with E-state index in [1.54, 1.807) is 12.2 Å². The Morgan fingerprint density at radius 1 is 1.00 bits per heavy atom. The first-order valence-electron chi connectivity index (χ1n) is 6.88. The average Bonchev–Trinajstić information content (AvgIpc) is 3.07. The Bertz CT molecular complexity index is 415. The summed E-state index contributed by atoms with van der Waals surface area (Å²) in [5.41, 5.74) is -0.0562. The Labute approximate surface area is 107 Å². The molecule has 0 aromatic rings. The number of isocyanates is 2. The van der Waals surface area contributed by atoms with E-state index < -0.39 is 0 Å². The van der Waals surface area contributed by atoms with Crippen LogP contribution in [0.1, 0.15) is 32.1 Å². The number of rotatable bonds is 4. The molecule has 96 valence electrons. The molecular formula is C14H18N2O2. The van der Waals surface area contributed by atoms with Gasteiger partial charge < -0.3 is 0 Å². The molecule has 3 fully saturated rings.